The lowest BCUT2D eigenvalue weighted by Gasteiger charge is -2.02. The maximum atomic E-state index is 11.7. The molecule has 8 heteroatoms. The Hall–Kier alpha value is -3.55. The normalized spacial score (nSPS) is 11.2. The number of methoxy groups -OCH3 is 1. The van der Waals surface area contributed by atoms with E-state index in [1.54, 1.807) is 24.3 Å². The predicted molar refractivity (Wildman–Crippen MR) is 94.8 cm³/mol. The van der Waals surface area contributed by atoms with Gasteiger partial charge in [0.05, 0.1) is 24.9 Å². The zero-order valence-electron chi connectivity index (χ0n) is 14.3. The minimum Gasteiger partial charge on any atom is -0.469 e. The number of benzene rings is 1. The van der Waals surface area contributed by atoms with Crippen LogP contribution in [0.5, 0.6) is 0 Å². The number of hydrogen-bond acceptors (Lipinski definition) is 6. The van der Waals surface area contributed by atoms with Crippen LogP contribution >= 0.6 is 0 Å². The summed E-state index contributed by atoms with van der Waals surface area (Å²) < 4.78 is 6.55. The van der Waals surface area contributed by atoms with Crippen molar-refractivity contribution in [1.82, 2.24) is 9.38 Å². The molecule has 0 aliphatic heterocycles. The summed E-state index contributed by atoms with van der Waals surface area (Å²) in [5.41, 5.74) is 8.21. The van der Waals surface area contributed by atoms with Gasteiger partial charge < -0.3 is 10.5 Å². The number of fused-ring (bicyclic) bond motifs is 1. The molecule has 3 aromatic rings. The van der Waals surface area contributed by atoms with Gasteiger partial charge in [-0.05, 0) is 43.3 Å². The summed E-state index contributed by atoms with van der Waals surface area (Å²) in [7, 11) is 1.32. The van der Waals surface area contributed by atoms with E-state index in [-0.39, 0.29) is 6.42 Å². The molecule has 3 rings (SSSR count). The first kappa shape index (κ1) is 17.3. The van der Waals surface area contributed by atoms with Crippen LogP contribution in [0.3, 0.4) is 0 Å². The SMILES string of the molecule is COC(=O)Cc1nc2cccc(C)n2c1N=Nc1ccc(C(N)=O)cc1. The van der Waals surface area contributed by atoms with E-state index in [4.69, 9.17) is 10.5 Å². The summed E-state index contributed by atoms with van der Waals surface area (Å²) in [4.78, 5) is 27.3. The topological polar surface area (TPSA) is 111 Å². The van der Waals surface area contributed by atoms with Gasteiger partial charge in [-0.2, -0.15) is 0 Å². The molecule has 0 atom stereocenters. The van der Waals surface area contributed by atoms with Gasteiger partial charge in [-0.25, -0.2) is 4.98 Å². The molecule has 0 unspecified atom stereocenters. The number of aryl methyl sites for hydroxylation is 1. The van der Waals surface area contributed by atoms with Gasteiger partial charge in [0, 0.05) is 11.3 Å². The molecule has 0 saturated carbocycles. The summed E-state index contributed by atoms with van der Waals surface area (Å²) in [5.74, 6) is -0.456. The van der Waals surface area contributed by atoms with Crippen LogP contribution in [0.15, 0.2) is 52.7 Å². The Kier molecular flexibility index (Phi) is 4.74. The van der Waals surface area contributed by atoms with E-state index >= 15 is 0 Å². The summed E-state index contributed by atoms with van der Waals surface area (Å²) in [6.45, 7) is 1.91. The number of pyridine rings is 1. The fourth-order valence-corrected chi connectivity index (χ4v) is 2.51. The molecular formula is C18H17N5O3. The molecule has 0 saturated heterocycles. The van der Waals surface area contributed by atoms with Crippen LogP contribution in [-0.4, -0.2) is 28.4 Å². The number of esters is 1. The number of carbonyl (C=O) groups excluding carboxylic acids is 2. The van der Waals surface area contributed by atoms with Crippen molar-refractivity contribution in [1.29, 1.82) is 0 Å². The van der Waals surface area contributed by atoms with Crippen LogP contribution in [-0.2, 0) is 16.0 Å². The number of primary amides is 1. The van der Waals surface area contributed by atoms with Crippen LogP contribution in [0.1, 0.15) is 21.7 Å². The molecule has 2 N–H and O–H groups in total. The van der Waals surface area contributed by atoms with Crippen molar-refractivity contribution >= 4 is 29.0 Å². The fraction of sp³-hybridized carbons (Fsp3) is 0.167. The Bertz CT molecular complexity index is 1010. The number of hydrogen-bond donors (Lipinski definition) is 1. The summed E-state index contributed by atoms with van der Waals surface area (Å²) in [6, 6.07) is 12.0. The number of aromatic nitrogens is 2. The van der Waals surface area contributed by atoms with Crippen LogP contribution in [0, 0.1) is 6.92 Å². The van der Waals surface area contributed by atoms with Gasteiger partial charge in [-0.1, -0.05) is 6.07 Å². The van der Waals surface area contributed by atoms with Crippen LogP contribution in [0.25, 0.3) is 5.65 Å². The summed E-state index contributed by atoms with van der Waals surface area (Å²) in [5, 5.41) is 8.48. The van der Waals surface area contributed by atoms with E-state index in [0.29, 0.717) is 28.4 Å². The van der Waals surface area contributed by atoms with Crippen molar-refractivity contribution in [3.8, 4) is 0 Å². The van der Waals surface area contributed by atoms with Crippen molar-refractivity contribution in [2.45, 2.75) is 13.3 Å². The molecule has 1 aromatic carbocycles. The number of rotatable bonds is 5. The Morgan fingerprint density at radius 2 is 1.88 bits per heavy atom. The molecule has 0 aliphatic carbocycles. The highest BCUT2D eigenvalue weighted by molar-refractivity contribution is 5.93. The number of nitrogens with two attached hydrogens (primary N) is 1. The molecule has 8 nitrogen and oxygen atoms in total. The zero-order valence-corrected chi connectivity index (χ0v) is 14.3. The predicted octanol–water partition coefficient (Wildman–Crippen LogP) is 2.87. The molecule has 0 fully saturated rings. The highest BCUT2D eigenvalue weighted by atomic mass is 16.5. The smallest absolute Gasteiger partial charge is 0.311 e. The van der Waals surface area contributed by atoms with Gasteiger partial charge in [0.1, 0.15) is 5.65 Å². The first-order valence-corrected chi connectivity index (χ1v) is 7.85. The maximum Gasteiger partial charge on any atom is 0.311 e. The van der Waals surface area contributed by atoms with Crippen molar-refractivity contribution in [3.05, 3.63) is 59.4 Å². The fourth-order valence-electron chi connectivity index (χ4n) is 2.51. The molecule has 26 heavy (non-hydrogen) atoms. The highest BCUT2D eigenvalue weighted by Crippen LogP contribution is 2.26. The molecule has 2 aromatic heterocycles. The van der Waals surface area contributed by atoms with E-state index < -0.39 is 11.9 Å². The first-order chi connectivity index (χ1) is 12.5. The number of azo groups is 1. The average molecular weight is 351 g/mol. The first-order valence-electron chi connectivity index (χ1n) is 7.85. The molecule has 1 amide bonds. The Labute approximate surface area is 149 Å². The second kappa shape index (κ2) is 7.14. The largest absolute Gasteiger partial charge is 0.469 e. The second-order valence-electron chi connectivity index (χ2n) is 5.61. The third kappa shape index (κ3) is 3.44. The molecule has 0 spiro atoms. The summed E-state index contributed by atoms with van der Waals surface area (Å²) in [6.07, 6.45) is -0.00735. The number of carbonyl (C=O) groups is 2. The zero-order chi connectivity index (χ0) is 18.7. The van der Waals surface area contributed by atoms with Crippen LogP contribution < -0.4 is 5.73 Å². The van der Waals surface area contributed by atoms with E-state index in [1.165, 1.54) is 7.11 Å². The Morgan fingerprint density at radius 1 is 1.15 bits per heavy atom. The molecule has 2 heterocycles. The number of amides is 1. The lowest BCUT2D eigenvalue weighted by atomic mass is 10.2. The monoisotopic (exact) mass is 351 g/mol. The Balaban J connectivity index is 2.03. The van der Waals surface area contributed by atoms with E-state index in [0.717, 1.165) is 5.69 Å². The van der Waals surface area contributed by atoms with Crippen molar-refractivity contribution in [2.75, 3.05) is 7.11 Å². The third-order valence-electron chi connectivity index (χ3n) is 3.84. The van der Waals surface area contributed by atoms with Gasteiger partial charge in [-0.3, -0.25) is 14.0 Å². The van der Waals surface area contributed by atoms with Crippen LogP contribution in [0.2, 0.25) is 0 Å². The third-order valence-corrected chi connectivity index (χ3v) is 3.84. The van der Waals surface area contributed by atoms with E-state index in [2.05, 4.69) is 15.2 Å². The lowest BCUT2D eigenvalue weighted by Crippen LogP contribution is -2.10. The average Bonchev–Trinajstić information content (AvgIpc) is 2.98. The summed E-state index contributed by atoms with van der Waals surface area (Å²) >= 11 is 0. The van der Waals surface area contributed by atoms with E-state index in [1.807, 2.05) is 29.5 Å². The van der Waals surface area contributed by atoms with Gasteiger partial charge >= 0.3 is 5.97 Å². The number of imidazole rings is 1. The van der Waals surface area contributed by atoms with Gasteiger partial charge in [0.15, 0.2) is 5.82 Å². The minimum absolute atomic E-state index is 0.00735. The number of nitrogens with zero attached hydrogens (tertiary/aromatic N) is 4. The van der Waals surface area contributed by atoms with Crippen molar-refractivity contribution in [2.24, 2.45) is 16.0 Å². The standard InChI is InChI=1S/C18H17N5O3/c1-11-4-3-5-15-20-14(10-16(24)26-2)18(23(11)15)22-21-13-8-6-12(7-9-13)17(19)25/h3-9H,10H2,1-2H3,(H2,19,25). The molecular weight excluding hydrogens is 334 g/mol. The molecule has 0 radical (unpaired) electrons. The van der Waals surface area contributed by atoms with Crippen LogP contribution in [0.4, 0.5) is 11.5 Å². The van der Waals surface area contributed by atoms with Gasteiger partial charge in [-0.15, -0.1) is 10.2 Å². The van der Waals surface area contributed by atoms with E-state index in [9.17, 15) is 9.59 Å². The maximum absolute atomic E-state index is 11.7. The molecule has 0 aliphatic rings. The highest BCUT2D eigenvalue weighted by Gasteiger charge is 2.16. The van der Waals surface area contributed by atoms with Crippen molar-refractivity contribution < 1.29 is 14.3 Å². The van der Waals surface area contributed by atoms with Crippen molar-refractivity contribution in [3.63, 3.8) is 0 Å². The number of ether oxygens (including phenoxy) is 1. The lowest BCUT2D eigenvalue weighted by molar-refractivity contribution is -0.139. The second-order valence-corrected chi connectivity index (χ2v) is 5.61. The van der Waals surface area contributed by atoms with Gasteiger partial charge in [0.25, 0.3) is 0 Å². The molecule has 132 valence electrons. The minimum atomic E-state index is -0.508. The Morgan fingerprint density at radius 3 is 2.54 bits per heavy atom. The van der Waals surface area contributed by atoms with Gasteiger partial charge in [0.2, 0.25) is 5.91 Å². The molecule has 0 bridgehead atoms. The quantitative estimate of drug-likeness (QED) is 0.562.